The first-order chi connectivity index (χ1) is 11.2. The molecule has 128 valence electrons. The standard InChI is InChI=1S/C18H30N4O/c1-2-18(23)21-10-8-16(9-11-21)13-22-14-17(19-20-22)12-15-6-4-3-5-7-15/h14-16H,2-13H2,1H3. The maximum Gasteiger partial charge on any atom is 0.222 e. The van der Waals surface area contributed by atoms with Crippen LogP contribution in [0.1, 0.15) is 64.0 Å². The van der Waals surface area contributed by atoms with Gasteiger partial charge in [0, 0.05) is 32.3 Å². The zero-order chi connectivity index (χ0) is 16.1. The third kappa shape index (κ3) is 4.55. The molecule has 1 saturated carbocycles. The van der Waals surface area contributed by atoms with Crippen molar-refractivity contribution < 1.29 is 4.79 Å². The van der Waals surface area contributed by atoms with E-state index in [0.717, 1.165) is 50.5 Å². The molecule has 3 rings (SSSR count). The number of likely N-dealkylation sites (tertiary alicyclic amines) is 1. The molecule has 1 aromatic heterocycles. The molecule has 1 aliphatic heterocycles. The summed E-state index contributed by atoms with van der Waals surface area (Å²) in [6.07, 6.45) is 12.9. The molecule has 1 saturated heterocycles. The lowest BCUT2D eigenvalue weighted by atomic mass is 9.86. The molecule has 5 nitrogen and oxygen atoms in total. The minimum absolute atomic E-state index is 0.291. The Hall–Kier alpha value is -1.39. The number of rotatable bonds is 5. The first kappa shape index (κ1) is 16.5. The highest BCUT2D eigenvalue weighted by Gasteiger charge is 2.22. The molecule has 0 N–H and O–H groups in total. The number of hydrogen-bond donors (Lipinski definition) is 0. The molecule has 0 atom stereocenters. The molecule has 0 bridgehead atoms. The summed E-state index contributed by atoms with van der Waals surface area (Å²) in [5.41, 5.74) is 1.16. The Morgan fingerprint density at radius 1 is 1.13 bits per heavy atom. The number of hydrogen-bond acceptors (Lipinski definition) is 3. The zero-order valence-electron chi connectivity index (χ0n) is 14.4. The monoisotopic (exact) mass is 318 g/mol. The molecular formula is C18H30N4O. The quantitative estimate of drug-likeness (QED) is 0.838. The van der Waals surface area contributed by atoms with Crippen LogP contribution in [-0.4, -0.2) is 38.9 Å². The maximum absolute atomic E-state index is 11.7. The van der Waals surface area contributed by atoms with Gasteiger partial charge < -0.3 is 4.90 Å². The van der Waals surface area contributed by atoms with Crippen LogP contribution in [0.25, 0.3) is 0 Å². The maximum atomic E-state index is 11.7. The first-order valence-corrected chi connectivity index (χ1v) is 9.41. The van der Waals surface area contributed by atoms with Gasteiger partial charge >= 0.3 is 0 Å². The number of piperidine rings is 1. The van der Waals surface area contributed by atoms with E-state index in [1.807, 2.05) is 16.5 Å². The van der Waals surface area contributed by atoms with Crippen LogP contribution >= 0.6 is 0 Å². The third-order valence-electron chi connectivity index (χ3n) is 5.52. The molecule has 0 spiro atoms. The summed E-state index contributed by atoms with van der Waals surface area (Å²) in [7, 11) is 0. The van der Waals surface area contributed by atoms with Gasteiger partial charge in [-0.15, -0.1) is 5.10 Å². The van der Waals surface area contributed by atoms with E-state index in [0.29, 0.717) is 18.2 Å². The Balaban J connectivity index is 1.45. The van der Waals surface area contributed by atoms with Crippen molar-refractivity contribution in [3.63, 3.8) is 0 Å². The fourth-order valence-electron chi connectivity index (χ4n) is 4.06. The lowest BCUT2D eigenvalue weighted by molar-refractivity contribution is -0.132. The summed E-state index contributed by atoms with van der Waals surface area (Å²) in [6, 6.07) is 0. The summed E-state index contributed by atoms with van der Waals surface area (Å²) in [6.45, 7) is 4.70. The van der Waals surface area contributed by atoms with Crippen molar-refractivity contribution in [1.29, 1.82) is 0 Å². The number of carbonyl (C=O) groups is 1. The van der Waals surface area contributed by atoms with Gasteiger partial charge in [0.2, 0.25) is 5.91 Å². The van der Waals surface area contributed by atoms with Crippen LogP contribution in [0.3, 0.4) is 0 Å². The van der Waals surface area contributed by atoms with E-state index in [9.17, 15) is 4.79 Å². The molecular weight excluding hydrogens is 288 g/mol. The zero-order valence-corrected chi connectivity index (χ0v) is 14.4. The van der Waals surface area contributed by atoms with Gasteiger partial charge in [-0.05, 0) is 31.1 Å². The predicted molar refractivity (Wildman–Crippen MR) is 89.9 cm³/mol. The molecule has 1 amide bonds. The Labute approximate surface area is 139 Å². The van der Waals surface area contributed by atoms with E-state index >= 15 is 0 Å². The number of nitrogens with zero attached hydrogens (tertiary/aromatic N) is 4. The van der Waals surface area contributed by atoms with Crippen LogP contribution in [0.2, 0.25) is 0 Å². The van der Waals surface area contributed by atoms with Gasteiger partial charge in [-0.25, -0.2) is 0 Å². The molecule has 0 aromatic carbocycles. The van der Waals surface area contributed by atoms with E-state index in [4.69, 9.17) is 0 Å². The molecule has 0 unspecified atom stereocenters. The number of aromatic nitrogens is 3. The Morgan fingerprint density at radius 2 is 1.87 bits per heavy atom. The molecule has 0 radical (unpaired) electrons. The summed E-state index contributed by atoms with van der Waals surface area (Å²) in [5, 5.41) is 8.71. The highest BCUT2D eigenvalue weighted by atomic mass is 16.2. The van der Waals surface area contributed by atoms with Crippen molar-refractivity contribution in [2.75, 3.05) is 13.1 Å². The van der Waals surface area contributed by atoms with Crippen molar-refractivity contribution in [1.82, 2.24) is 19.9 Å². The van der Waals surface area contributed by atoms with Crippen LogP contribution in [0.5, 0.6) is 0 Å². The Morgan fingerprint density at radius 3 is 2.57 bits per heavy atom. The van der Waals surface area contributed by atoms with Crippen LogP contribution in [0.15, 0.2) is 6.20 Å². The highest BCUT2D eigenvalue weighted by Crippen LogP contribution is 2.26. The number of carbonyl (C=O) groups excluding carboxylic acids is 1. The SMILES string of the molecule is CCC(=O)N1CCC(Cn2cc(CC3CCCCC3)nn2)CC1. The minimum Gasteiger partial charge on any atom is -0.343 e. The summed E-state index contributed by atoms with van der Waals surface area (Å²) in [4.78, 5) is 13.7. The average molecular weight is 318 g/mol. The van der Waals surface area contributed by atoms with Gasteiger partial charge in [0.25, 0.3) is 0 Å². The fraction of sp³-hybridized carbons (Fsp3) is 0.833. The van der Waals surface area contributed by atoms with Crippen molar-refractivity contribution in [3.8, 4) is 0 Å². The summed E-state index contributed by atoms with van der Waals surface area (Å²) >= 11 is 0. The summed E-state index contributed by atoms with van der Waals surface area (Å²) < 4.78 is 2.03. The lowest BCUT2D eigenvalue weighted by Gasteiger charge is -2.31. The smallest absolute Gasteiger partial charge is 0.222 e. The van der Waals surface area contributed by atoms with E-state index in [2.05, 4.69) is 16.5 Å². The summed E-state index contributed by atoms with van der Waals surface area (Å²) in [5.74, 6) is 1.73. The van der Waals surface area contributed by atoms with Gasteiger partial charge in [0.15, 0.2) is 0 Å². The van der Waals surface area contributed by atoms with Crippen molar-refractivity contribution in [2.45, 2.75) is 71.3 Å². The first-order valence-electron chi connectivity index (χ1n) is 9.41. The second-order valence-electron chi connectivity index (χ2n) is 7.32. The van der Waals surface area contributed by atoms with Gasteiger partial charge in [-0.2, -0.15) is 0 Å². The minimum atomic E-state index is 0.291. The van der Waals surface area contributed by atoms with Gasteiger partial charge in [-0.3, -0.25) is 9.48 Å². The lowest BCUT2D eigenvalue weighted by Crippen LogP contribution is -2.39. The van der Waals surface area contributed by atoms with Gasteiger partial charge in [0.05, 0.1) is 5.69 Å². The molecule has 2 aliphatic rings. The van der Waals surface area contributed by atoms with Gasteiger partial charge in [0.1, 0.15) is 0 Å². The topological polar surface area (TPSA) is 51.0 Å². The van der Waals surface area contributed by atoms with Crippen molar-refractivity contribution in [3.05, 3.63) is 11.9 Å². The van der Waals surface area contributed by atoms with Crippen molar-refractivity contribution in [2.24, 2.45) is 11.8 Å². The molecule has 2 fully saturated rings. The van der Waals surface area contributed by atoms with E-state index < -0.39 is 0 Å². The molecule has 5 heteroatoms. The largest absolute Gasteiger partial charge is 0.343 e. The Kier molecular flexibility index (Phi) is 5.68. The predicted octanol–water partition coefficient (Wildman–Crippen LogP) is 3.05. The third-order valence-corrected chi connectivity index (χ3v) is 5.52. The second-order valence-corrected chi connectivity index (χ2v) is 7.32. The van der Waals surface area contributed by atoms with Crippen molar-refractivity contribution >= 4 is 5.91 Å². The number of amides is 1. The van der Waals surface area contributed by atoms with Crippen LogP contribution in [-0.2, 0) is 17.8 Å². The van der Waals surface area contributed by atoms with E-state index in [1.54, 1.807) is 0 Å². The van der Waals surface area contributed by atoms with Crippen LogP contribution in [0.4, 0.5) is 0 Å². The highest BCUT2D eigenvalue weighted by molar-refractivity contribution is 5.75. The van der Waals surface area contributed by atoms with E-state index in [-0.39, 0.29) is 0 Å². The molecule has 1 aliphatic carbocycles. The van der Waals surface area contributed by atoms with Gasteiger partial charge in [-0.1, -0.05) is 44.2 Å². The Bertz CT molecular complexity index is 499. The van der Waals surface area contributed by atoms with Crippen LogP contribution in [0, 0.1) is 11.8 Å². The average Bonchev–Trinajstić information content (AvgIpc) is 3.02. The second kappa shape index (κ2) is 7.93. The van der Waals surface area contributed by atoms with Crippen LogP contribution < -0.4 is 0 Å². The molecule has 1 aromatic rings. The fourth-order valence-corrected chi connectivity index (χ4v) is 4.06. The van der Waals surface area contributed by atoms with E-state index in [1.165, 1.54) is 32.1 Å². The normalized spacial score (nSPS) is 20.8. The molecule has 23 heavy (non-hydrogen) atoms. The molecule has 2 heterocycles.